The van der Waals surface area contributed by atoms with Crippen molar-refractivity contribution >= 4 is 5.91 Å². The zero-order chi connectivity index (χ0) is 13.9. The molecule has 2 N–H and O–H groups in total. The Morgan fingerprint density at radius 1 is 1.25 bits per heavy atom. The molecule has 1 aromatic rings. The van der Waals surface area contributed by atoms with Crippen molar-refractivity contribution < 1.29 is 4.79 Å². The van der Waals surface area contributed by atoms with Gasteiger partial charge in [-0.15, -0.1) is 0 Å². The molecule has 3 rings (SSSR count). The van der Waals surface area contributed by atoms with Crippen molar-refractivity contribution in [3.8, 4) is 0 Å². The Morgan fingerprint density at radius 2 is 2.10 bits per heavy atom. The van der Waals surface area contributed by atoms with E-state index in [1.54, 1.807) is 0 Å². The van der Waals surface area contributed by atoms with E-state index in [4.69, 9.17) is 5.73 Å². The molecule has 3 heteroatoms. The van der Waals surface area contributed by atoms with Crippen molar-refractivity contribution in [3.05, 3.63) is 34.9 Å². The van der Waals surface area contributed by atoms with Crippen molar-refractivity contribution in [2.45, 2.75) is 38.5 Å². The van der Waals surface area contributed by atoms with Crippen LogP contribution >= 0.6 is 0 Å². The lowest BCUT2D eigenvalue weighted by molar-refractivity contribution is 0.0669. The smallest absolute Gasteiger partial charge is 0.253 e. The molecule has 1 heterocycles. The molecule has 0 spiro atoms. The van der Waals surface area contributed by atoms with Gasteiger partial charge in [0.05, 0.1) is 0 Å². The van der Waals surface area contributed by atoms with E-state index in [0.717, 1.165) is 44.5 Å². The van der Waals surface area contributed by atoms with Crippen LogP contribution in [0.1, 0.15) is 47.2 Å². The van der Waals surface area contributed by atoms with Gasteiger partial charge in [0.25, 0.3) is 5.91 Å². The monoisotopic (exact) mass is 272 g/mol. The van der Waals surface area contributed by atoms with Gasteiger partial charge < -0.3 is 10.6 Å². The summed E-state index contributed by atoms with van der Waals surface area (Å²) >= 11 is 0. The van der Waals surface area contributed by atoms with E-state index in [1.807, 2.05) is 11.0 Å². The largest absolute Gasteiger partial charge is 0.338 e. The van der Waals surface area contributed by atoms with Gasteiger partial charge in [0.1, 0.15) is 0 Å². The van der Waals surface area contributed by atoms with Gasteiger partial charge in [-0.05, 0) is 74.2 Å². The van der Waals surface area contributed by atoms with Gasteiger partial charge in [0.15, 0.2) is 0 Å². The molecule has 1 saturated heterocycles. The minimum Gasteiger partial charge on any atom is -0.338 e. The highest BCUT2D eigenvalue weighted by Gasteiger charge is 2.24. The van der Waals surface area contributed by atoms with Crippen LogP contribution in [0.25, 0.3) is 0 Å². The topological polar surface area (TPSA) is 46.3 Å². The molecule has 1 unspecified atom stereocenters. The van der Waals surface area contributed by atoms with Crippen LogP contribution in [0, 0.1) is 5.92 Å². The number of aryl methyl sites for hydroxylation is 2. The van der Waals surface area contributed by atoms with Gasteiger partial charge in [-0.2, -0.15) is 0 Å². The highest BCUT2D eigenvalue weighted by atomic mass is 16.2. The molecule has 0 radical (unpaired) electrons. The van der Waals surface area contributed by atoms with Crippen LogP contribution in [-0.4, -0.2) is 30.4 Å². The lowest BCUT2D eigenvalue weighted by atomic mass is 9.94. The second-order valence-corrected chi connectivity index (χ2v) is 6.17. The molecule has 1 aliphatic heterocycles. The fraction of sp³-hybridized carbons (Fsp3) is 0.588. The Bertz CT molecular complexity index is 496. The fourth-order valence-corrected chi connectivity index (χ4v) is 3.61. The summed E-state index contributed by atoms with van der Waals surface area (Å²) in [6.45, 7) is 2.51. The van der Waals surface area contributed by atoms with Crippen LogP contribution in [0.15, 0.2) is 18.2 Å². The molecule has 108 valence electrons. The number of hydrogen-bond acceptors (Lipinski definition) is 2. The van der Waals surface area contributed by atoms with E-state index in [2.05, 4.69) is 12.1 Å². The summed E-state index contributed by atoms with van der Waals surface area (Å²) < 4.78 is 0. The molecule has 1 fully saturated rings. The van der Waals surface area contributed by atoms with Crippen molar-refractivity contribution in [2.24, 2.45) is 11.7 Å². The number of likely N-dealkylation sites (tertiary alicyclic amines) is 1. The first kappa shape index (κ1) is 13.6. The lowest BCUT2D eigenvalue weighted by Gasteiger charge is -2.32. The normalized spacial score (nSPS) is 21.9. The van der Waals surface area contributed by atoms with Crippen LogP contribution < -0.4 is 5.73 Å². The number of carbonyl (C=O) groups is 1. The maximum atomic E-state index is 12.6. The van der Waals surface area contributed by atoms with E-state index < -0.39 is 0 Å². The average Bonchev–Trinajstić information content (AvgIpc) is 2.94. The van der Waals surface area contributed by atoms with Crippen LogP contribution in [0.4, 0.5) is 0 Å². The van der Waals surface area contributed by atoms with Crippen LogP contribution in [0.3, 0.4) is 0 Å². The first-order valence-corrected chi connectivity index (χ1v) is 7.89. The maximum Gasteiger partial charge on any atom is 0.253 e. The second kappa shape index (κ2) is 5.96. The molecule has 2 aliphatic rings. The minimum atomic E-state index is 0.210. The van der Waals surface area contributed by atoms with Crippen LogP contribution in [0.5, 0.6) is 0 Å². The van der Waals surface area contributed by atoms with Gasteiger partial charge >= 0.3 is 0 Å². The van der Waals surface area contributed by atoms with Crippen molar-refractivity contribution in [1.82, 2.24) is 4.90 Å². The predicted molar refractivity (Wildman–Crippen MR) is 80.8 cm³/mol. The number of carbonyl (C=O) groups excluding carboxylic acids is 1. The Hall–Kier alpha value is -1.35. The molecule has 3 nitrogen and oxygen atoms in total. The number of benzene rings is 1. The molecule has 1 atom stereocenters. The average molecular weight is 272 g/mol. The Kier molecular flexibility index (Phi) is 4.06. The standard InChI is InChI=1S/C17H24N2O/c18-9-8-13-3-2-10-19(12-13)17(20)16-7-6-14-4-1-5-15(14)11-16/h6-7,11,13H,1-5,8-10,12,18H2. The SMILES string of the molecule is NCCC1CCCN(C(=O)c2ccc3c(c2)CCC3)C1. The quantitative estimate of drug-likeness (QED) is 0.918. The summed E-state index contributed by atoms with van der Waals surface area (Å²) in [4.78, 5) is 14.7. The fourth-order valence-electron chi connectivity index (χ4n) is 3.61. The molecule has 0 aromatic heterocycles. The molecule has 0 saturated carbocycles. The Morgan fingerprint density at radius 3 is 2.95 bits per heavy atom. The Balaban J connectivity index is 1.72. The zero-order valence-electron chi connectivity index (χ0n) is 12.1. The van der Waals surface area contributed by atoms with E-state index in [1.165, 1.54) is 30.4 Å². The first-order valence-electron chi connectivity index (χ1n) is 7.89. The third-order valence-corrected chi connectivity index (χ3v) is 4.73. The van der Waals surface area contributed by atoms with Gasteiger partial charge in [0.2, 0.25) is 0 Å². The second-order valence-electron chi connectivity index (χ2n) is 6.17. The van der Waals surface area contributed by atoms with Crippen LogP contribution in [-0.2, 0) is 12.8 Å². The van der Waals surface area contributed by atoms with Crippen LogP contribution in [0.2, 0.25) is 0 Å². The molecule has 1 aliphatic carbocycles. The molecular formula is C17H24N2O. The summed E-state index contributed by atoms with van der Waals surface area (Å²) in [5.41, 5.74) is 9.34. The minimum absolute atomic E-state index is 0.210. The van der Waals surface area contributed by atoms with Gasteiger partial charge in [-0.25, -0.2) is 0 Å². The highest BCUT2D eigenvalue weighted by molar-refractivity contribution is 5.94. The van der Waals surface area contributed by atoms with Crippen molar-refractivity contribution in [1.29, 1.82) is 0 Å². The number of hydrogen-bond donors (Lipinski definition) is 1. The van der Waals surface area contributed by atoms with Crippen molar-refractivity contribution in [2.75, 3.05) is 19.6 Å². The number of nitrogens with zero attached hydrogens (tertiary/aromatic N) is 1. The van der Waals surface area contributed by atoms with Gasteiger partial charge in [0, 0.05) is 18.7 Å². The molecule has 1 amide bonds. The third kappa shape index (κ3) is 2.73. The summed E-state index contributed by atoms with van der Waals surface area (Å²) in [6.07, 6.45) is 6.90. The zero-order valence-corrected chi connectivity index (χ0v) is 12.1. The molecule has 0 bridgehead atoms. The van der Waals surface area contributed by atoms with E-state index in [-0.39, 0.29) is 5.91 Å². The van der Waals surface area contributed by atoms with Crippen molar-refractivity contribution in [3.63, 3.8) is 0 Å². The summed E-state index contributed by atoms with van der Waals surface area (Å²) in [7, 11) is 0. The molecular weight excluding hydrogens is 248 g/mol. The molecule has 1 aromatic carbocycles. The highest BCUT2D eigenvalue weighted by Crippen LogP contribution is 2.25. The van der Waals surface area contributed by atoms with E-state index in [0.29, 0.717) is 5.92 Å². The summed E-state index contributed by atoms with van der Waals surface area (Å²) in [5, 5.41) is 0. The first-order chi connectivity index (χ1) is 9.78. The Labute approximate surface area is 121 Å². The number of rotatable bonds is 3. The lowest BCUT2D eigenvalue weighted by Crippen LogP contribution is -2.40. The summed E-state index contributed by atoms with van der Waals surface area (Å²) in [5.74, 6) is 0.800. The van der Waals surface area contributed by atoms with Gasteiger partial charge in [-0.1, -0.05) is 6.07 Å². The van der Waals surface area contributed by atoms with E-state index >= 15 is 0 Å². The summed E-state index contributed by atoms with van der Waals surface area (Å²) in [6, 6.07) is 6.28. The molecule has 20 heavy (non-hydrogen) atoms. The van der Waals surface area contributed by atoms with Gasteiger partial charge in [-0.3, -0.25) is 4.79 Å². The number of piperidine rings is 1. The number of nitrogens with two attached hydrogens (primary N) is 1. The number of amides is 1. The van der Waals surface area contributed by atoms with E-state index in [9.17, 15) is 4.79 Å². The third-order valence-electron chi connectivity index (χ3n) is 4.73. The predicted octanol–water partition coefficient (Wildman–Crippen LogP) is 2.38. The number of fused-ring (bicyclic) bond motifs is 1. The maximum absolute atomic E-state index is 12.6.